The molecule has 184 valence electrons. The average Bonchev–Trinajstić information content (AvgIpc) is 2.99. The normalized spacial score (nSPS) is 16.7. The summed E-state index contributed by atoms with van der Waals surface area (Å²) in [4.78, 5) is 0. The van der Waals surface area contributed by atoms with Gasteiger partial charge in [0.1, 0.15) is 5.60 Å². The molecule has 0 amide bonds. The van der Waals surface area contributed by atoms with Crippen molar-refractivity contribution in [3.63, 3.8) is 0 Å². The van der Waals surface area contributed by atoms with E-state index in [9.17, 15) is 0 Å². The Kier molecular flexibility index (Phi) is 6.60. The summed E-state index contributed by atoms with van der Waals surface area (Å²) in [5.41, 5.74) is 9.96. The fourth-order valence-corrected chi connectivity index (χ4v) is 5.76. The Morgan fingerprint density at radius 1 is 0.526 bits per heavy atom. The third-order valence-corrected chi connectivity index (χ3v) is 7.25. The number of hydrogen-bond acceptors (Lipinski definition) is 1. The van der Waals surface area contributed by atoms with Gasteiger partial charge in [0.15, 0.2) is 0 Å². The smallest absolute Gasteiger partial charge is 0.146 e. The number of ether oxygens (including phenoxy) is 1. The van der Waals surface area contributed by atoms with Gasteiger partial charge in [0.05, 0.1) is 0 Å². The predicted octanol–water partition coefficient (Wildman–Crippen LogP) is 9.05. The van der Waals surface area contributed by atoms with Crippen LogP contribution in [-0.4, -0.2) is 6.61 Å². The summed E-state index contributed by atoms with van der Waals surface area (Å²) in [7, 11) is 0. The third kappa shape index (κ3) is 4.02. The Labute approximate surface area is 225 Å². The van der Waals surface area contributed by atoms with Crippen LogP contribution in [0.1, 0.15) is 34.7 Å². The number of rotatable bonds is 7. The maximum absolute atomic E-state index is 6.99. The highest BCUT2D eigenvalue weighted by molar-refractivity contribution is 6.18. The molecule has 0 aliphatic heterocycles. The lowest BCUT2D eigenvalue weighted by Crippen LogP contribution is -2.43. The molecule has 0 saturated carbocycles. The van der Waals surface area contributed by atoms with Gasteiger partial charge in [0, 0.05) is 17.8 Å². The van der Waals surface area contributed by atoms with Crippen molar-refractivity contribution in [3.05, 3.63) is 185 Å². The SMILES string of the molecule is CCOC1(c2ccccc2)C(=C(c2ccccc2)c2ccccc2)C(c2ccccc2)=C1c1ccccc1. The van der Waals surface area contributed by atoms with Gasteiger partial charge in [-0.15, -0.1) is 0 Å². The molecule has 1 unspecified atom stereocenters. The molecule has 38 heavy (non-hydrogen) atoms. The standard InChI is InChI=1S/C37H30O/c1-2-38-37(32-26-16-7-17-27-32)35(31-24-14-6-15-25-31)34(30-22-12-5-13-23-30)36(37)33(28-18-8-3-9-19-28)29-20-10-4-11-21-29/h3-27H,2H2,1H3. The van der Waals surface area contributed by atoms with Crippen LogP contribution in [0, 0.1) is 0 Å². The minimum atomic E-state index is -0.733. The van der Waals surface area contributed by atoms with Crippen molar-refractivity contribution >= 4 is 16.7 Å². The molecular formula is C37H30O. The van der Waals surface area contributed by atoms with Crippen LogP contribution >= 0.6 is 0 Å². The Morgan fingerprint density at radius 2 is 0.947 bits per heavy atom. The van der Waals surface area contributed by atoms with E-state index in [0.29, 0.717) is 6.61 Å². The van der Waals surface area contributed by atoms with Crippen molar-refractivity contribution in [1.29, 1.82) is 0 Å². The van der Waals surface area contributed by atoms with Crippen LogP contribution in [0.15, 0.2) is 157 Å². The molecule has 0 bridgehead atoms. The van der Waals surface area contributed by atoms with E-state index < -0.39 is 5.60 Å². The molecule has 0 aromatic heterocycles. The largest absolute Gasteiger partial charge is 0.361 e. The molecule has 0 saturated heterocycles. The van der Waals surface area contributed by atoms with E-state index in [4.69, 9.17) is 4.74 Å². The first-order valence-electron chi connectivity index (χ1n) is 13.3. The van der Waals surface area contributed by atoms with Gasteiger partial charge in [-0.05, 0) is 45.9 Å². The van der Waals surface area contributed by atoms with Crippen LogP contribution in [0.4, 0.5) is 0 Å². The zero-order valence-corrected chi connectivity index (χ0v) is 21.5. The topological polar surface area (TPSA) is 9.23 Å². The molecule has 1 atom stereocenters. The second kappa shape index (κ2) is 10.5. The second-order valence-electron chi connectivity index (χ2n) is 9.44. The van der Waals surface area contributed by atoms with E-state index >= 15 is 0 Å². The van der Waals surface area contributed by atoms with Gasteiger partial charge in [-0.2, -0.15) is 0 Å². The Balaban J connectivity index is 1.82. The third-order valence-electron chi connectivity index (χ3n) is 7.25. The molecule has 0 heterocycles. The molecule has 1 heteroatoms. The summed E-state index contributed by atoms with van der Waals surface area (Å²) in [5.74, 6) is 0. The number of benzene rings is 5. The summed E-state index contributed by atoms with van der Waals surface area (Å²) in [6, 6.07) is 53.6. The van der Waals surface area contributed by atoms with Crippen molar-refractivity contribution in [2.24, 2.45) is 0 Å². The summed E-state index contributed by atoms with van der Waals surface area (Å²) >= 11 is 0. The van der Waals surface area contributed by atoms with Gasteiger partial charge in [-0.1, -0.05) is 152 Å². The van der Waals surface area contributed by atoms with Crippen molar-refractivity contribution < 1.29 is 4.74 Å². The van der Waals surface area contributed by atoms with Crippen molar-refractivity contribution in [2.75, 3.05) is 6.61 Å². The van der Waals surface area contributed by atoms with Crippen molar-refractivity contribution in [1.82, 2.24) is 0 Å². The van der Waals surface area contributed by atoms with Crippen molar-refractivity contribution in [3.8, 4) is 0 Å². The summed E-state index contributed by atoms with van der Waals surface area (Å²) in [6.45, 7) is 2.67. The molecular weight excluding hydrogens is 460 g/mol. The fourth-order valence-electron chi connectivity index (χ4n) is 5.76. The minimum absolute atomic E-state index is 0.577. The van der Waals surface area contributed by atoms with E-state index in [-0.39, 0.29) is 0 Å². The first kappa shape index (κ1) is 23.9. The maximum atomic E-state index is 6.99. The van der Waals surface area contributed by atoms with Crippen LogP contribution in [-0.2, 0) is 10.3 Å². The first-order chi connectivity index (χ1) is 18.8. The van der Waals surface area contributed by atoms with E-state index in [1.807, 2.05) is 0 Å². The molecule has 5 aromatic carbocycles. The highest BCUT2D eigenvalue weighted by Gasteiger charge is 2.54. The minimum Gasteiger partial charge on any atom is -0.361 e. The van der Waals surface area contributed by atoms with Gasteiger partial charge in [0.25, 0.3) is 0 Å². The van der Waals surface area contributed by atoms with Crippen molar-refractivity contribution in [2.45, 2.75) is 12.5 Å². The lowest BCUT2D eigenvalue weighted by atomic mass is 9.58. The Hall–Kier alpha value is -4.46. The Bertz CT molecular complexity index is 1530. The summed E-state index contributed by atoms with van der Waals surface area (Å²) in [5, 5.41) is 0. The van der Waals surface area contributed by atoms with Gasteiger partial charge < -0.3 is 4.74 Å². The van der Waals surface area contributed by atoms with Crippen LogP contribution in [0.3, 0.4) is 0 Å². The molecule has 1 aliphatic rings. The van der Waals surface area contributed by atoms with Crippen LogP contribution < -0.4 is 0 Å². The molecule has 0 N–H and O–H groups in total. The van der Waals surface area contributed by atoms with Crippen LogP contribution in [0.2, 0.25) is 0 Å². The van der Waals surface area contributed by atoms with Crippen LogP contribution in [0.25, 0.3) is 16.7 Å². The fraction of sp³-hybridized carbons (Fsp3) is 0.0811. The van der Waals surface area contributed by atoms with Gasteiger partial charge in [-0.25, -0.2) is 0 Å². The first-order valence-corrected chi connectivity index (χ1v) is 13.3. The molecule has 1 nitrogen and oxygen atoms in total. The van der Waals surface area contributed by atoms with Gasteiger partial charge in [-0.3, -0.25) is 0 Å². The zero-order chi connectivity index (χ0) is 25.8. The van der Waals surface area contributed by atoms with E-state index in [1.165, 1.54) is 44.5 Å². The highest BCUT2D eigenvalue weighted by Crippen LogP contribution is 2.64. The van der Waals surface area contributed by atoms with Gasteiger partial charge >= 0.3 is 0 Å². The molecule has 0 spiro atoms. The number of hydrogen-bond donors (Lipinski definition) is 0. The summed E-state index contributed by atoms with van der Waals surface area (Å²) < 4.78 is 6.99. The van der Waals surface area contributed by atoms with Gasteiger partial charge in [0.2, 0.25) is 0 Å². The quantitative estimate of drug-likeness (QED) is 0.221. The van der Waals surface area contributed by atoms with E-state index in [0.717, 1.165) is 5.56 Å². The maximum Gasteiger partial charge on any atom is 0.146 e. The second-order valence-corrected chi connectivity index (χ2v) is 9.44. The summed E-state index contributed by atoms with van der Waals surface area (Å²) in [6.07, 6.45) is 0. The highest BCUT2D eigenvalue weighted by atomic mass is 16.5. The zero-order valence-electron chi connectivity index (χ0n) is 21.5. The van der Waals surface area contributed by atoms with E-state index in [1.54, 1.807) is 0 Å². The molecule has 0 fully saturated rings. The Morgan fingerprint density at radius 3 is 1.42 bits per heavy atom. The lowest BCUT2D eigenvalue weighted by Gasteiger charge is -2.50. The molecule has 5 aromatic rings. The average molecular weight is 491 g/mol. The lowest BCUT2D eigenvalue weighted by molar-refractivity contribution is 0.0304. The monoisotopic (exact) mass is 490 g/mol. The molecule has 0 radical (unpaired) electrons. The molecule has 1 aliphatic carbocycles. The molecule has 6 rings (SSSR count). The van der Waals surface area contributed by atoms with Crippen LogP contribution in [0.5, 0.6) is 0 Å². The van der Waals surface area contributed by atoms with E-state index in [2.05, 4.69) is 159 Å². The predicted molar refractivity (Wildman–Crippen MR) is 158 cm³/mol.